The number of fused-ring (bicyclic) bond motifs is 1. The van der Waals surface area contributed by atoms with Gasteiger partial charge in [0.1, 0.15) is 5.76 Å². The number of furan rings is 1. The lowest BCUT2D eigenvalue weighted by Crippen LogP contribution is -2.00. The van der Waals surface area contributed by atoms with Crippen LogP contribution in [0.25, 0.3) is 10.9 Å². The minimum absolute atomic E-state index is 0.0568. The Balaban J connectivity index is 1.84. The summed E-state index contributed by atoms with van der Waals surface area (Å²) in [4.78, 5) is 15.3. The van der Waals surface area contributed by atoms with E-state index in [2.05, 4.69) is 10.3 Å². The zero-order chi connectivity index (χ0) is 14.8. The first-order valence-electron chi connectivity index (χ1n) is 6.56. The number of pyridine rings is 1. The molecular weight excluding hydrogens is 268 g/mol. The maximum absolute atomic E-state index is 10.8. The Labute approximate surface area is 121 Å². The number of carbonyl (C=O) groups is 1. The van der Waals surface area contributed by atoms with Crippen LogP contribution in [0.2, 0.25) is 0 Å². The van der Waals surface area contributed by atoms with Crippen LogP contribution >= 0.6 is 0 Å². The molecule has 0 amide bonds. The number of carboxylic acids is 1. The van der Waals surface area contributed by atoms with Crippen LogP contribution in [-0.4, -0.2) is 16.1 Å². The number of nitrogens with one attached hydrogen (secondary N) is 1. The van der Waals surface area contributed by atoms with Crippen molar-refractivity contribution in [1.82, 2.24) is 4.98 Å². The van der Waals surface area contributed by atoms with Gasteiger partial charge in [0.2, 0.25) is 5.76 Å². The summed E-state index contributed by atoms with van der Waals surface area (Å²) in [6.45, 7) is 2.35. The third-order valence-corrected chi connectivity index (χ3v) is 3.18. The molecule has 0 fully saturated rings. The molecule has 0 atom stereocenters. The topological polar surface area (TPSA) is 75.4 Å². The Kier molecular flexibility index (Phi) is 3.31. The number of nitrogens with zero attached hydrogens (tertiary/aromatic N) is 1. The van der Waals surface area contributed by atoms with Gasteiger partial charge in [-0.2, -0.15) is 0 Å². The molecule has 5 heteroatoms. The molecule has 2 heterocycles. The highest BCUT2D eigenvalue weighted by Crippen LogP contribution is 2.22. The normalized spacial score (nSPS) is 10.7. The van der Waals surface area contributed by atoms with Crippen molar-refractivity contribution in [3.8, 4) is 0 Å². The van der Waals surface area contributed by atoms with E-state index in [1.165, 1.54) is 6.07 Å². The van der Waals surface area contributed by atoms with E-state index in [9.17, 15) is 4.79 Å². The number of para-hydroxylation sites is 1. The van der Waals surface area contributed by atoms with Crippen molar-refractivity contribution in [2.24, 2.45) is 0 Å². The molecule has 3 rings (SSSR count). The van der Waals surface area contributed by atoms with E-state index in [4.69, 9.17) is 9.52 Å². The van der Waals surface area contributed by atoms with Crippen LogP contribution in [0.4, 0.5) is 5.69 Å². The van der Waals surface area contributed by atoms with E-state index in [1.54, 1.807) is 6.07 Å². The van der Waals surface area contributed by atoms with Crippen molar-refractivity contribution in [2.45, 2.75) is 13.5 Å². The molecule has 0 saturated carbocycles. The molecule has 5 nitrogen and oxygen atoms in total. The fourth-order valence-electron chi connectivity index (χ4n) is 2.16. The van der Waals surface area contributed by atoms with Crippen molar-refractivity contribution in [1.29, 1.82) is 0 Å². The van der Waals surface area contributed by atoms with E-state index >= 15 is 0 Å². The molecule has 0 aliphatic rings. The number of rotatable bonds is 4. The highest BCUT2D eigenvalue weighted by Gasteiger charge is 2.09. The van der Waals surface area contributed by atoms with Crippen LogP contribution in [-0.2, 0) is 6.54 Å². The first kappa shape index (κ1) is 13.2. The molecule has 0 unspecified atom stereocenters. The highest BCUT2D eigenvalue weighted by atomic mass is 16.4. The molecule has 1 aromatic carbocycles. The van der Waals surface area contributed by atoms with Gasteiger partial charge in [0.25, 0.3) is 0 Å². The lowest BCUT2D eigenvalue weighted by atomic mass is 10.1. The molecule has 106 valence electrons. The molecule has 0 bridgehead atoms. The van der Waals surface area contributed by atoms with Gasteiger partial charge >= 0.3 is 5.97 Å². The Hall–Kier alpha value is -2.82. The fourth-order valence-corrected chi connectivity index (χ4v) is 2.16. The van der Waals surface area contributed by atoms with E-state index in [0.29, 0.717) is 12.3 Å². The van der Waals surface area contributed by atoms with Crippen LogP contribution in [0.3, 0.4) is 0 Å². The van der Waals surface area contributed by atoms with E-state index in [0.717, 1.165) is 22.3 Å². The van der Waals surface area contributed by atoms with Crippen molar-refractivity contribution >= 4 is 22.6 Å². The molecule has 2 N–H and O–H groups in total. The fraction of sp³-hybridized carbons (Fsp3) is 0.125. The molecule has 0 aliphatic carbocycles. The summed E-state index contributed by atoms with van der Waals surface area (Å²) in [5, 5.41) is 13.1. The third kappa shape index (κ3) is 2.72. The van der Waals surface area contributed by atoms with E-state index < -0.39 is 5.97 Å². The summed E-state index contributed by atoms with van der Waals surface area (Å²) in [5.74, 6) is -0.556. The second-order valence-corrected chi connectivity index (χ2v) is 4.75. The smallest absolute Gasteiger partial charge is 0.371 e. The number of hydrogen-bond acceptors (Lipinski definition) is 4. The molecule has 0 saturated heterocycles. The Bertz CT molecular complexity index is 808. The zero-order valence-corrected chi connectivity index (χ0v) is 11.5. The highest BCUT2D eigenvalue weighted by molar-refractivity contribution is 5.90. The largest absolute Gasteiger partial charge is 0.475 e. The lowest BCUT2D eigenvalue weighted by Gasteiger charge is -2.08. The summed E-state index contributed by atoms with van der Waals surface area (Å²) in [7, 11) is 0. The molecule has 3 aromatic rings. The Morgan fingerprint density at radius 1 is 1.24 bits per heavy atom. The number of aromatic carboxylic acids is 1. The van der Waals surface area contributed by atoms with E-state index in [-0.39, 0.29) is 5.76 Å². The maximum atomic E-state index is 10.8. The molecule has 0 radical (unpaired) electrons. The van der Waals surface area contributed by atoms with Crippen LogP contribution in [0.15, 0.2) is 46.9 Å². The number of hydrogen-bond donors (Lipinski definition) is 2. The minimum Gasteiger partial charge on any atom is -0.475 e. The Morgan fingerprint density at radius 2 is 2.10 bits per heavy atom. The zero-order valence-electron chi connectivity index (χ0n) is 11.5. The average Bonchev–Trinajstić information content (AvgIpc) is 2.94. The molecular formula is C16H14N2O3. The second kappa shape index (κ2) is 5.28. The Morgan fingerprint density at radius 3 is 2.86 bits per heavy atom. The van der Waals surface area contributed by atoms with Gasteiger partial charge in [-0.25, -0.2) is 4.79 Å². The molecule has 21 heavy (non-hydrogen) atoms. The van der Waals surface area contributed by atoms with E-state index in [1.807, 2.05) is 37.3 Å². The third-order valence-electron chi connectivity index (χ3n) is 3.18. The van der Waals surface area contributed by atoms with Gasteiger partial charge in [0.05, 0.1) is 17.7 Å². The number of anilines is 1. The summed E-state index contributed by atoms with van der Waals surface area (Å²) in [6, 6.07) is 13.0. The number of aromatic nitrogens is 1. The van der Waals surface area contributed by atoms with Crippen molar-refractivity contribution in [2.75, 3.05) is 5.32 Å². The molecule has 2 aromatic heterocycles. The monoisotopic (exact) mass is 282 g/mol. The van der Waals surface area contributed by atoms with Gasteiger partial charge in [-0.3, -0.25) is 4.98 Å². The molecule has 0 spiro atoms. The van der Waals surface area contributed by atoms with Crippen LogP contribution in [0.1, 0.15) is 22.0 Å². The van der Waals surface area contributed by atoms with Gasteiger partial charge < -0.3 is 14.8 Å². The summed E-state index contributed by atoms with van der Waals surface area (Å²) >= 11 is 0. The van der Waals surface area contributed by atoms with Crippen molar-refractivity contribution in [3.05, 3.63) is 59.7 Å². The van der Waals surface area contributed by atoms with Gasteiger partial charge in [-0.05, 0) is 31.2 Å². The maximum Gasteiger partial charge on any atom is 0.371 e. The quantitative estimate of drug-likeness (QED) is 0.766. The van der Waals surface area contributed by atoms with Gasteiger partial charge in [-0.15, -0.1) is 0 Å². The van der Waals surface area contributed by atoms with Crippen LogP contribution in [0.5, 0.6) is 0 Å². The summed E-state index contributed by atoms with van der Waals surface area (Å²) in [6.07, 6.45) is 0. The van der Waals surface area contributed by atoms with Gasteiger partial charge in [-0.1, -0.05) is 18.2 Å². The number of aryl methyl sites for hydroxylation is 1. The van der Waals surface area contributed by atoms with Crippen LogP contribution in [0, 0.1) is 6.92 Å². The number of carboxylic acid groups (broad SMARTS) is 1. The molecule has 0 aliphatic heterocycles. The SMILES string of the molecule is Cc1ccc2cccc(NCc3ccc(C(=O)O)o3)c2n1. The second-order valence-electron chi connectivity index (χ2n) is 4.75. The van der Waals surface area contributed by atoms with Gasteiger partial charge in [0.15, 0.2) is 0 Å². The first-order valence-corrected chi connectivity index (χ1v) is 6.56. The minimum atomic E-state index is -1.07. The van der Waals surface area contributed by atoms with Crippen molar-refractivity contribution < 1.29 is 14.3 Å². The summed E-state index contributed by atoms with van der Waals surface area (Å²) in [5.41, 5.74) is 2.73. The predicted molar refractivity (Wildman–Crippen MR) is 79.5 cm³/mol. The standard InChI is InChI=1S/C16H14N2O3/c1-10-5-6-11-3-2-4-13(15(11)18-10)17-9-12-7-8-14(21-12)16(19)20/h2-8,17H,9H2,1H3,(H,19,20). The van der Waals surface area contributed by atoms with Crippen LogP contribution < -0.4 is 5.32 Å². The number of benzene rings is 1. The average molecular weight is 282 g/mol. The summed E-state index contributed by atoms with van der Waals surface area (Å²) < 4.78 is 5.22. The lowest BCUT2D eigenvalue weighted by molar-refractivity contribution is 0.0660. The predicted octanol–water partition coefficient (Wildman–Crippen LogP) is 3.45. The van der Waals surface area contributed by atoms with Gasteiger partial charge in [0, 0.05) is 11.1 Å². The van der Waals surface area contributed by atoms with Crippen molar-refractivity contribution in [3.63, 3.8) is 0 Å². The first-order chi connectivity index (χ1) is 10.1.